The number of carbonyl (C=O) groups excluding carboxylic acids is 1. The van der Waals surface area contributed by atoms with Crippen LogP contribution in [0.15, 0.2) is 34.9 Å². The lowest BCUT2D eigenvalue weighted by Crippen LogP contribution is -2.19. The standard InChI is InChI=1S/C17H17NO4/c1-20-17(19)11-2-3-13-15(10-11)18(12-4-7-21-8-5-12)14-6-9-22-16(13)14/h2-3,6,9-10,12H,4-5,7-8H2,1H3. The first-order valence-corrected chi connectivity index (χ1v) is 7.47. The molecule has 5 heteroatoms. The van der Waals surface area contributed by atoms with E-state index in [9.17, 15) is 4.79 Å². The van der Waals surface area contributed by atoms with Crippen molar-refractivity contribution in [2.24, 2.45) is 0 Å². The second-order valence-corrected chi connectivity index (χ2v) is 5.57. The Kier molecular flexibility index (Phi) is 3.15. The van der Waals surface area contributed by atoms with E-state index in [4.69, 9.17) is 13.9 Å². The van der Waals surface area contributed by atoms with Crippen molar-refractivity contribution >= 4 is 28.0 Å². The molecule has 1 fully saturated rings. The molecular formula is C17H17NO4. The van der Waals surface area contributed by atoms with Crippen LogP contribution in [0.1, 0.15) is 29.2 Å². The minimum atomic E-state index is -0.321. The Hall–Kier alpha value is -2.27. The van der Waals surface area contributed by atoms with Gasteiger partial charge in [-0.25, -0.2) is 4.79 Å². The van der Waals surface area contributed by atoms with Gasteiger partial charge in [-0.1, -0.05) is 0 Å². The topological polar surface area (TPSA) is 53.6 Å². The highest BCUT2D eigenvalue weighted by Crippen LogP contribution is 2.36. The maximum absolute atomic E-state index is 11.8. The van der Waals surface area contributed by atoms with Crippen molar-refractivity contribution in [1.29, 1.82) is 0 Å². The van der Waals surface area contributed by atoms with Crippen LogP contribution in [0.5, 0.6) is 0 Å². The van der Waals surface area contributed by atoms with Gasteiger partial charge in [0.05, 0.1) is 30.0 Å². The molecule has 3 aromatic rings. The molecule has 0 aliphatic carbocycles. The Morgan fingerprint density at radius 3 is 2.82 bits per heavy atom. The number of hydrogen-bond donors (Lipinski definition) is 0. The molecule has 3 heterocycles. The van der Waals surface area contributed by atoms with Crippen LogP contribution in [0, 0.1) is 0 Å². The number of rotatable bonds is 2. The van der Waals surface area contributed by atoms with E-state index in [1.807, 2.05) is 18.2 Å². The van der Waals surface area contributed by atoms with Gasteiger partial charge in [-0.2, -0.15) is 0 Å². The summed E-state index contributed by atoms with van der Waals surface area (Å²) in [6.07, 6.45) is 3.65. The van der Waals surface area contributed by atoms with Gasteiger partial charge in [0.25, 0.3) is 0 Å². The highest BCUT2D eigenvalue weighted by Gasteiger charge is 2.23. The van der Waals surface area contributed by atoms with Crippen LogP contribution in [0.4, 0.5) is 0 Å². The minimum Gasteiger partial charge on any atom is -0.465 e. The maximum atomic E-state index is 11.8. The first kappa shape index (κ1) is 13.4. The van der Waals surface area contributed by atoms with Crippen LogP contribution in [0.25, 0.3) is 22.0 Å². The Balaban J connectivity index is 1.96. The Morgan fingerprint density at radius 1 is 1.23 bits per heavy atom. The number of benzene rings is 1. The fourth-order valence-electron chi connectivity index (χ4n) is 3.33. The lowest BCUT2D eigenvalue weighted by atomic mass is 10.1. The summed E-state index contributed by atoms with van der Waals surface area (Å²) in [6, 6.07) is 7.96. The van der Waals surface area contributed by atoms with E-state index in [0.717, 1.165) is 48.1 Å². The van der Waals surface area contributed by atoms with E-state index in [0.29, 0.717) is 11.6 Å². The summed E-state index contributed by atoms with van der Waals surface area (Å²) in [5, 5.41) is 1.03. The van der Waals surface area contributed by atoms with E-state index in [1.165, 1.54) is 7.11 Å². The summed E-state index contributed by atoms with van der Waals surface area (Å²) in [7, 11) is 1.40. The molecule has 0 amide bonds. The third-order valence-corrected chi connectivity index (χ3v) is 4.38. The van der Waals surface area contributed by atoms with Gasteiger partial charge in [-0.05, 0) is 31.0 Å². The summed E-state index contributed by atoms with van der Waals surface area (Å²) >= 11 is 0. The third-order valence-electron chi connectivity index (χ3n) is 4.38. The molecule has 4 rings (SSSR count). The predicted molar refractivity (Wildman–Crippen MR) is 82.1 cm³/mol. The molecule has 22 heavy (non-hydrogen) atoms. The number of furan rings is 1. The van der Waals surface area contributed by atoms with Crippen molar-refractivity contribution in [3.63, 3.8) is 0 Å². The van der Waals surface area contributed by atoms with E-state index in [-0.39, 0.29) is 5.97 Å². The number of esters is 1. The Bertz CT molecular complexity index is 839. The highest BCUT2D eigenvalue weighted by molar-refractivity contribution is 6.07. The van der Waals surface area contributed by atoms with E-state index >= 15 is 0 Å². The predicted octanol–water partition coefficient (Wildman–Crippen LogP) is 3.53. The fourth-order valence-corrected chi connectivity index (χ4v) is 3.33. The SMILES string of the molecule is COC(=O)c1ccc2c3occc3n(C3CCOCC3)c2c1. The van der Waals surface area contributed by atoms with Gasteiger partial charge in [0.2, 0.25) is 0 Å². The molecule has 0 spiro atoms. The van der Waals surface area contributed by atoms with Crippen molar-refractivity contribution < 1.29 is 18.7 Å². The normalized spacial score (nSPS) is 16.4. The van der Waals surface area contributed by atoms with Gasteiger partial charge in [0, 0.05) is 30.7 Å². The monoisotopic (exact) mass is 299 g/mol. The van der Waals surface area contributed by atoms with E-state index in [1.54, 1.807) is 12.3 Å². The molecule has 1 aliphatic heterocycles. The van der Waals surface area contributed by atoms with Crippen LogP contribution >= 0.6 is 0 Å². The maximum Gasteiger partial charge on any atom is 0.337 e. The fraction of sp³-hybridized carbons (Fsp3) is 0.353. The summed E-state index contributed by atoms with van der Waals surface area (Å²) in [4.78, 5) is 11.8. The van der Waals surface area contributed by atoms with Gasteiger partial charge < -0.3 is 18.5 Å². The molecular weight excluding hydrogens is 282 g/mol. The van der Waals surface area contributed by atoms with Gasteiger partial charge in [-0.3, -0.25) is 0 Å². The number of nitrogens with zero attached hydrogens (tertiary/aromatic N) is 1. The largest absolute Gasteiger partial charge is 0.465 e. The lowest BCUT2D eigenvalue weighted by molar-refractivity contribution is 0.0600. The van der Waals surface area contributed by atoms with Crippen LogP contribution in [0.2, 0.25) is 0 Å². The van der Waals surface area contributed by atoms with Gasteiger partial charge in [-0.15, -0.1) is 0 Å². The molecule has 0 radical (unpaired) electrons. The van der Waals surface area contributed by atoms with Crippen LogP contribution < -0.4 is 0 Å². The van der Waals surface area contributed by atoms with E-state index < -0.39 is 0 Å². The second kappa shape index (κ2) is 5.18. The van der Waals surface area contributed by atoms with Crippen molar-refractivity contribution in [3.8, 4) is 0 Å². The highest BCUT2D eigenvalue weighted by atomic mass is 16.5. The first-order chi connectivity index (χ1) is 10.8. The average molecular weight is 299 g/mol. The molecule has 1 aromatic carbocycles. The van der Waals surface area contributed by atoms with Crippen molar-refractivity contribution in [1.82, 2.24) is 4.57 Å². The summed E-state index contributed by atoms with van der Waals surface area (Å²) in [6.45, 7) is 1.53. The molecule has 0 atom stereocenters. The van der Waals surface area contributed by atoms with Crippen molar-refractivity contribution in [2.45, 2.75) is 18.9 Å². The molecule has 114 valence electrons. The zero-order chi connectivity index (χ0) is 15.1. The van der Waals surface area contributed by atoms with Crippen LogP contribution in [-0.4, -0.2) is 30.9 Å². The molecule has 0 unspecified atom stereocenters. The van der Waals surface area contributed by atoms with Crippen LogP contribution in [0.3, 0.4) is 0 Å². The summed E-state index contributed by atoms with van der Waals surface area (Å²) in [5.74, 6) is -0.321. The number of aromatic nitrogens is 1. The van der Waals surface area contributed by atoms with Gasteiger partial charge in [0.1, 0.15) is 0 Å². The number of ether oxygens (including phenoxy) is 2. The Labute approximate surface area is 127 Å². The van der Waals surface area contributed by atoms with Crippen molar-refractivity contribution in [3.05, 3.63) is 36.1 Å². The van der Waals surface area contributed by atoms with Gasteiger partial charge >= 0.3 is 5.97 Å². The molecule has 0 saturated carbocycles. The zero-order valence-electron chi connectivity index (χ0n) is 12.4. The molecule has 1 saturated heterocycles. The number of hydrogen-bond acceptors (Lipinski definition) is 4. The van der Waals surface area contributed by atoms with Crippen molar-refractivity contribution in [2.75, 3.05) is 20.3 Å². The number of carbonyl (C=O) groups is 1. The van der Waals surface area contributed by atoms with E-state index in [2.05, 4.69) is 4.57 Å². The number of fused-ring (bicyclic) bond motifs is 3. The minimum absolute atomic E-state index is 0.321. The third kappa shape index (κ3) is 1.93. The zero-order valence-corrected chi connectivity index (χ0v) is 12.4. The lowest BCUT2D eigenvalue weighted by Gasteiger charge is -2.25. The summed E-state index contributed by atoms with van der Waals surface area (Å²) < 4.78 is 18.2. The molecule has 1 aliphatic rings. The second-order valence-electron chi connectivity index (χ2n) is 5.57. The summed E-state index contributed by atoms with van der Waals surface area (Å²) in [5.41, 5.74) is 3.52. The molecule has 5 nitrogen and oxygen atoms in total. The number of methoxy groups -OCH3 is 1. The molecule has 0 N–H and O–H groups in total. The van der Waals surface area contributed by atoms with Crippen LogP contribution in [-0.2, 0) is 9.47 Å². The average Bonchev–Trinajstić information content (AvgIpc) is 3.14. The smallest absolute Gasteiger partial charge is 0.337 e. The molecule has 2 aromatic heterocycles. The Morgan fingerprint density at radius 2 is 2.05 bits per heavy atom. The first-order valence-electron chi connectivity index (χ1n) is 7.47. The molecule has 0 bridgehead atoms. The quantitative estimate of drug-likeness (QED) is 0.679. The van der Waals surface area contributed by atoms with Gasteiger partial charge in [0.15, 0.2) is 5.58 Å².